The molecule has 2 aliphatic rings. The molecule has 1 saturated heterocycles. The number of nitrogens with one attached hydrogen (secondary N) is 1. The van der Waals surface area contributed by atoms with Crippen molar-refractivity contribution in [2.75, 3.05) is 45.8 Å². The van der Waals surface area contributed by atoms with E-state index in [9.17, 15) is 13.2 Å². The van der Waals surface area contributed by atoms with E-state index in [0.717, 1.165) is 32.1 Å². The van der Waals surface area contributed by atoms with E-state index < -0.39 is 12.7 Å². The molecule has 0 aromatic carbocycles. The number of piperazine rings is 1. The van der Waals surface area contributed by atoms with Gasteiger partial charge < -0.3 is 5.32 Å². The van der Waals surface area contributed by atoms with Crippen molar-refractivity contribution in [2.45, 2.75) is 32.0 Å². The second kappa shape index (κ2) is 6.41. The Hall–Kier alpha value is -0.330. The second-order valence-corrected chi connectivity index (χ2v) is 5.81. The van der Waals surface area contributed by atoms with Crippen LogP contribution in [0.25, 0.3) is 0 Å². The van der Waals surface area contributed by atoms with Gasteiger partial charge in [0.25, 0.3) is 0 Å². The van der Waals surface area contributed by atoms with Crippen molar-refractivity contribution in [3.05, 3.63) is 0 Å². The predicted octanol–water partition coefficient (Wildman–Crippen LogP) is 1.55. The Balaban J connectivity index is 1.55. The number of hydrogen-bond donors (Lipinski definition) is 1. The Morgan fingerprint density at radius 1 is 1.11 bits per heavy atom. The molecule has 1 N–H and O–H groups in total. The third-order valence-corrected chi connectivity index (χ3v) is 4.09. The number of alkyl halides is 3. The minimum atomic E-state index is -4.07. The highest BCUT2D eigenvalue weighted by molar-refractivity contribution is 4.83. The molecule has 2 rings (SSSR count). The largest absolute Gasteiger partial charge is 0.401 e. The van der Waals surface area contributed by atoms with E-state index in [4.69, 9.17) is 0 Å². The van der Waals surface area contributed by atoms with E-state index in [2.05, 4.69) is 17.1 Å². The fourth-order valence-electron chi connectivity index (χ4n) is 2.64. The van der Waals surface area contributed by atoms with Gasteiger partial charge in [-0.2, -0.15) is 13.2 Å². The summed E-state index contributed by atoms with van der Waals surface area (Å²) in [6.07, 6.45) is -1.39. The summed E-state index contributed by atoms with van der Waals surface area (Å²) in [6.45, 7) is 5.88. The van der Waals surface area contributed by atoms with Gasteiger partial charge in [0.2, 0.25) is 0 Å². The summed E-state index contributed by atoms with van der Waals surface area (Å²) in [4.78, 5) is 3.75. The standard InChI is InChI=1S/C13H24F3N3/c1-11(12-2-3-12)17-4-5-18-6-8-19(9-7-18)10-13(14,15)16/h11-12,17H,2-10H2,1H3. The molecule has 1 heterocycles. The highest BCUT2D eigenvalue weighted by Crippen LogP contribution is 2.32. The molecule has 0 aromatic rings. The Morgan fingerprint density at radius 3 is 2.21 bits per heavy atom. The minimum absolute atomic E-state index is 0.525. The molecule has 1 unspecified atom stereocenters. The third kappa shape index (κ3) is 5.67. The number of nitrogens with zero attached hydrogens (tertiary/aromatic N) is 2. The second-order valence-electron chi connectivity index (χ2n) is 5.81. The van der Waals surface area contributed by atoms with Crippen molar-refractivity contribution >= 4 is 0 Å². The zero-order valence-corrected chi connectivity index (χ0v) is 11.5. The van der Waals surface area contributed by atoms with Gasteiger partial charge in [0.15, 0.2) is 0 Å². The highest BCUT2D eigenvalue weighted by atomic mass is 19.4. The monoisotopic (exact) mass is 279 g/mol. The fraction of sp³-hybridized carbons (Fsp3) is 1.00. The maximum Gasteiger partial charge on any atom is 0.401 e. The molecule has 0 spiro atoms. The third-order valence-electron chi connectivity index (χ3n) is 4.09. The van der Waals surface area contributed by atoms with Crippen LogP contribution in [0, 0.1) is 5.92 Å². The van der Waals surface area contributed by atoms with E-state index in [1.54, 1.807) is 0 Å². The molecule has 3 nitrogen and oxygen atoms in total. The van der Waals surface area contributed by atoms with Gasteiger partial charge in [-0.15, -0.1) is 0 Å². The summed E-state index contributed by atoms with van der Waals surface area (Å²) in [7, 11) is 0. The average Bonchev–Trinajstić information content (AvgIpc) is 3.13. The first-order valence-electron chi connectivity index (χ1n) is 7.19. The molecular formula is C13H24F3N3. The molecule has 1 atom stereocenters. The van der Waals surface area contributed by atoms with Crippen LogP contribution in [0.15, 0.2) is 0 Å². The van der Waals surface area contributed by atoms with E-state index in [1.807, 2.05) is 0 Å². The van der Waals surface area contributed by atoms with Gasteiger partial charge in [-0.1, -0.05) is 0 Å². The molecule has 1 aliphatic heterocycles. The summed E-state index contributed by atoms with van der Waals surface area (Å²) in [6, 6.07) is 0.589. The molecule has 0 amide bonds. The molecular weight excluding hydrogens is 255 g/mol. The summed E-state index contributed by atoms with van der Waals surface area (Å²) in [5.74, 6) is 0.851. The van der Waals surface area contributed by atoms with Crippen LogP contribution < -0.4 is 5.32 Å². The lowest BCUT2D eigenvalue weighted by molar-refractivity contribution is -0.149. The van der Waals surface area contributed by atoms with Crippen molar-refractivity contribution in [1.82, 2.24) is 15.1 Å². The lowest BCUT2D eigenvalue weighted by Crippen LogP contribution is -2.50. The lowest BCUT2D eigenvalue weighted by Gasteiger charge is -2.35. The molecule has 2 fully saturated rings. The zero-order valence-electron chi connectivity index (χ0n) is 11.5. The summed E-state index contributed by atoms with van der Waals surface area (Å²) < 4.78 is 36.7. The molecule has 0 radical (unpaired) electrons. The molecule has 112 valence electrons. The smallest absolute Gasteiger partial charge is 0.313 e. The Morgan fingerprint density at radius 2 is 1.68 bits per heavy atom. The SMILES string of the molecule is CC(NCCN1CCN(CC(F)(F)F)CC1)C1CC1. The van der Waals surface area contributed by atoms with Crippen LogP contribution in [0.1, 0.15) is 19.8 Å². The number of rotatable bonds is 6. The van der Waals surface area contributed by atoms with Crippen LogP contribution in [0.2, 0.25) is 0 Å². The summed E-state index contributed by atoms with van der Waals surface area (Å²) in [5.41, 5.74) is 0. The average molecular weight is 279 g/mol. The van der Waals surface area contributed by atoms with Gasteiger partial charge in [0.1, 0.15) is 0 Å². The fourth-order valence-corrected chi connectivity index (χ4v) is 2.64. The van der Waals surface area contributed by atoms with Crippen LogP contribution in [0.5, 0.6) is 0 Å². The number of halogens is 3. The molecule has 0 bridgehead atoms. The van der Waals surface area contributed by atoms with Gasteiger partial charge in [0, 0.05) is 45.3 Å². The first kappa shape index (κ1) is 15.1. The summed E-state index contributed by atoms with van der Waals surface area (Å²) >= 11 is 0. The number of hydrogen-bond acceptors (Lipinski definition) is 3. The Kier molecular flexibility index (Phi) is 5.09. The normalized spacial score (nSPS) is 24.6. The zero-order chi connectivity index (χ0) is 13.9. The van der Waals surface area contributed by atoms with Gasteiger partial charge >= 0.3 is 6.18 Å². The predicted molar refractivity (Wildman–Crippen MR) is 69.1 cm³/mol. The van der Waals surface area contributed by atoms with Crippen molar-refractivity contribution in [2.24, 2.45) is 5.92 Å². The van der Waals surface area contributed by atoms with E-state index in [1.165, 1.54) is 17.7 Å². The van der Waals surface area contributed by atoms with E-state index in [0.29, 0.717) is 19.1 Å². The quantitative estimate of drug-likeness (QED) is 0.796. The summed E-state index contributed by atoms with van der Waals surface area (Å²) in [5, 5.41) is 3.51. The van der Waals surface area contributed by atoms with Gasteiger partial charge in [0.05, 0.1) is 6.54 Å². The van der Waals surface area contributed by atoms with E-state index in [-0.39, 0.29) is 0 Å². The first-order chi connectivity index (χ1) is 8.94. The topological polar surface area (TPSA) is 18.5 Å². The molecule has 1 saturated carbocycles. The van der Waals surface area contributed by atoms with Crippen LogP contribution in [0.4, 0.5) is 13.2 Å². The van der Waals surface area contributed by atoms with Gasteiger partial charge in [-0.05, 0) is 25.7 Å². The van der Waals surface area contributed by atoms with E-state index >= 15 is 0 Å². The van der Waals surface area contributed by atoms with Crippen LogP contribution in [-0.4, -0.2) is 67.8 Å². The highest BCUT2D eigenvalue weighted by Gasteiger charge is 2.32. The molecule has 1 aliphatic carbocycles. The molecule has 19 heavy (non-hydrogen) atoms. The Labute approximate surface area is 113 Å². The van der Waals surface area contributed by atoms with Crippen molar-refractivity contribution in [1.29, 1.82) is 0 Å². The van der Waals surface area contributed by atoms with Gasteiger partial charge in [-0.3, -0.25) is 9.80 Å². The maximum atomic E-state index is 12.2. The van der Waals surface area contributed by atoms with Crippen LogP contribution >= 0.6 is 0 Å². The van der Waals surface area contributed by atoms with Crippen molar-refractivity contribution in [3.8, 4) is 0 Å². The lowest BCUT2D eigenvalue weighted by atomic mass is 10.2. The van der Waals surface area contributed by atoms with Crippen molar-refractivity contribution < 1.29 is 13.2 Å². The van der Waals surface area contributed by atoms with Crippen LogP contribution in [0.3, 0.4) is 0 Å². The molecule has 0 aromatic heterocycles. The maximum absolute atomic E-state index is 12.2. The minimum Gasteiger partial charge on any atom is -0.313 e. The van der Waals surface area contributed by atoms with Crippen molar-refractivity contribution in [3.63, 3.8) is 0 Å². The first-order valence-corrected chi connectivity index (χ1v) is 7.19. The molecule has 6 heteroatoms. The van der Waals surface area contributed by atoms with Crippen LogP contribution in [-0.2, 0) is 0 Å². The van der Waals surface area contributed by atoms with Gasteiger partial charge in [-0.25, -0.2) is 0 Å². The Bertz CT molecular complexity index is 271.